The van der Waals surface area contributed by atoms with Crippen LogP contribution in [0.3, 0.4) is 0 Å². The Morgan fingerprint density at radius 1 is 1.23 bits per heavy atom. The van der Waals surface area contributed by atoms with Crippen LogP contribution in [0.5, 0.6) is 0 Å². The van der Waals surface area contributed by atoms with Crippen LogP contribution in [-0.2, 0) is 24.1 Å². The number of hydrogen-bond acceptors (Lipinski definition) is 5. The predicted octanol–water partition coefficient (Wildman–Crippen LogP) is 1.60. The summed E-state index contributed by atoms with van der Waals surface area (Å²) in [5, 5.41) is 16.2. The third kappa shape index (κ3) is 2.46. The van der Waals surface area contributed by atoms with E-state index in [0.717, 1.165) is 68.2 Å². The molecule has 0 spiro atoms. The van der Waals surface area contributed by atoms with Gasteiger partial charge in [0, 0.05) is 36.9 Å². The van der Waals surface area contributed by atoms with E-state index in [1.807, 2.05) is 4.90 Å². The van der Waals surface area contributed by atoms with Gasteiger partial charge in [-0.05, 0) is 39.0 Å². The minimum atomic E-state index is 0.0121. The Kier molecular flexibility index (Phi) is 3.81. The van der Waals surface area contributed by atoms with E-state index in [1.54, 1.807) is 0 Å². The van der Waals surface area contributed by atoms with Crippen LogP contribution in [-0.4, -0.2) is 55.5 Å². The van der Waals surface area contributed by atoms with E-state index in [4.69, 9.17) is 4.74 Å². The summed E-state index contributed by atoms with van der Waals surface area (Å²) in [6.07, 6.45) is 5.03. The minimum absolute atomic E-state index is 0.0121. The van der Waals surface area contributed by atoms with Crippen molar-refractivity contribution in [1.82, 2.24) is 29.9 Å². The SMILES string of the molecule is C[C@H]1CN(C(=O)c2n[nH]c3c2CCC3)Cc2nnc(C3CCOCC3)n21. The molecule has 0 unspecified atom stereocenters. The van der Waals surface area contributed by atoms with Crippen molar-refractivity contribution in [3.05, 3.63) is 28.6 Å². The highest BCUT2D eigenvalue weighted by Crippen LogP contribution is 2.32. The van der Waals surface area contributed by atoms with Crippen molar-refractivity contribution >= 4 is 5.91 Å². The first-order chi connectivity index (χ1) is 12.7. The highest BCUT2D eigenvalue weighted by atomic mass is 16.5. The van der Waals surface area contributed by atoms with Crippen molar-refractivity contribution in [2.45, 2.75) is 57.5 Å². The molecular weight excluding hydrogens is 332 g/mol. The Balaban J connectivity index is 1.40. The minimum Gasteiger partial charge on any atom is -0.381 e. The Hall–Kier alpha value is -2.22. The van der Waals surface area contributed by atoms with Gasteiger partial charge in [0.2, 0.25) is 0 Å². The quantitative estimate of drug-likeness (QED) is 0.883. The van der Waals surface area contributed by atoms with E-state index in [9.17, 15) is 4.79 Å². The Labute approximate surface area is 151 Å². The molecule has 0 saturated carbocycles. The topological polar surface area (TPSA) is 88.9 Å². The predicted molar refractivity (Wildman–Crippen MR) is 92.9 cm³/mol. The zero-order valence-corrected chi connectivity index (χ0v) is 15.1. The summed E-state index contributed by atoms with van der Waals surface area (Å²) in [5.74, 6) is 2.36. The summed E-state index contributed by atoms with van der Waals surface area (Å²) >= 11 is 0. The third-order valence-electron chi connectivity index (χ3n) is 5.93. The normalized spacial score (nSPS) is 23.1. The maximum Gasteiger partial charge on any atom is 0.275 e. The summed E-state index contributed by atoms with van der Waals surface area (Å²) in [6.45, 7) is 4.89. The first-order valence-corrected chi connectivity index (χ1v) is 9.59. The van der Waals surface area contributed by atoms with E-state index in [2.05, 4.69) is 31.9 Å². The molecule has 1 saturated heterocycles. The lowest BCUT2D eigenvalue weighted by Crippen LogP contribution is -2.41. The lowest BCUT2D eigenvalue weighted by molar-refractivity contribution is 0.0662. The fourth-order valence-corrected chi connectivity index (χ4v) is 4.60. The average Bonchev–Trinajstić information content (AvgIpc) is 3.37. The van der Waals surface area contributed by atoms with Gasteiger partial charge in [0.15, 0.2) is 11.5 Å². The second-order valence-corrected chi connectivity index (χ2v) is 7.65. The molecule has 1 N–H and O–H groups in total. The van der Waals surface area contributed by atoms with Crippen LogP contribution in [0.25, 0.3) is 0 Å². The van der Waals surface area contributed by atoms with Crippen molar-refractivity contribution in [3.8, 4) is 0 Å². The van der Waals surface area contributed by atoms with Gasteiger partial charge in [-0.3, -0.25) is 9.89 Å². The van der Waals surface area contributed by atoms with Crippen molar-refractivity contribution in [2.75, 3.05) is 19.8 Å². The lowest BCUT2D eigenvalue weighted by Gasteiger charge is -2.33. The monoisotopic (exact) mass is 356 g/mol. The molecule has 26 heavy (non-hydrogen) atoms. The Bertz CT molecular complexity index is 835. The molecule has 2 aromatic rings. The highest BCUT2D eigenvalue weighted by molar-refractivity contribution is 5.94. The molecule has 0 aromatic carbocycles. The van der Waals surface area contributed by atoms with Crippen LogP contribution in [0.2, 0.25) is 0 Å². The molecule has 5 rings (SSSR count). The summed E-state index contributed by atoms with van der Waals surface area (Å²) in [5.41, 5.74) is 2.84. The van der Waals surface area contributed by atoms with E-state index in [0.29, 0.717) is 24.7 Å². The smallest absolute Gasteiger partial charge is 0.275 e. The van der Waals surface area contributed by atoms with E-state index < -0.39 is 0 Å². The standard InChI is InChI=1S/C18H24N6O2/c1-11-9-23(18(25)16-13-3-2-4-14(13)19-21-16)10-15-20-22-17(24(11)15)12-5-7-26-8-6-12/h11-12H,2-10H2,1H3,(H,19,21)/t11-/m0/s1. The number of nitrogens with one attached hydrogen (secondary N) is 1. The van der Waals surface area contributed by atoms with Gasteiger partial charge in [-0.2, -0.15) is 5.10 Å². The summed E-state index contributed by atoms with van der Waals surface area (Å²) in [7, 11) is 0. The van der Waals surface area contributed by atoms with Gasteiger partial charge >= 0.3 is 0 Å². The van der Waals surface area contributed by atoms with Gasteiger partial charge in [0.1, 0.15) is 5.82 Å². The number of carbonyl (C=O) groups is 1. The average molecular weight is 356 g/mol. The van der Waals surface area contributed by atoms with Crippen LogP contribution in [0.4, 0.5) is 0 Å². The highest BCUT2D eigenvalue weighted by Gasteiger charge is 2.34. The number of carbonyl (C=O) groups excluding carboxylic acids is 1. The van der Waals surface area contributed by atoms with Crippen molar-refractivity contribution in [2.24, 2.45) is 0 Å². The molecule has 8 heteroatoms. The zero-order valence-electron chi connectivity index (χ0n) is 15.1. The van der Waals surface area contributed by atoms with Crippen LogP contribution >= 0.6 is 0 Å². The van der Waals surface area contributed by atoms with Gasteiger partial charge in [-0.1, -0.05) is 0 Å². The maximum atomic E-state index is 13.1. The van der Waals surface area contributed by atoms with Crippen LogP contribution in [0, 0.1) is 0 Å². The first-order valence-electron chi connectivity index (χ1n) is 9.59. The van der Waals surface area contributed by atoms with Crippen LogP contribution < -0.4 is 0 Å². The number of rotatable bonds is 2. The number of aromatic amines is 1. The molecule has 2 aliphatic heterocycles. The Morgan fingerprint density at radius 2 is 2.08 bits per heavy atom. The second-order valence-electron chi connectivity index (χ2n) is 7.65. The second kappa shape index (κ2) is 6.19. The number of fused-ring (bicyclic) bond motifs is 2. The van der Waals surface area contributed by atoms with Crippen LogP contribution in [0.15, 0.2) is 0 Å². The number of aryl methyl sites for hydroxylation is 1. The summed E-state index contributed by atoms with van der Waals surface area (Å²) in [6, 6.07) is 0.169. The van der Waals surface area contributed by atoms with Crippen molar-refractivity contribution < 1.29 is 9.53 Å². The zero-order chi connectivity index (χ0) is 17.7. The molecule has 1 aliphatic carbocycles. The maximum absolute atomic E-state index is 13.1. The third-order valence-corrected chi connectivity index (χ3v) is 5.93. The molecule has 0 radical (unpaired) electrons. The van der Waals surface area contributed by atoms with Crippen molar-refractivity contribution in [3.63, 3.8) is 0 Å². The van der Waals surface area contributed by atoms with Gasteiger partial charge in [-0.25, -0.2) is 0 Å². The number of ether oxygens (including phenoxy) is 1. The largest absolute Gasteiger partial charge is 0.381 e. The molecule has 1 atom stereocenters. The number of H-pyrrole nitrogens is 1. The van der Waals surface area contributed by atoms with Gasteiger partial charge in [0.25, 0.3) is 5.91 Å². The summed E-state index contributed by atoms with van der Waals surface area (Å²) in [4.78, 5) is 14.9. The van der Waals surface area contributed by atoms with E-state index in [1.165, 1.54) is 0 Å². The number of hydrogen-bond donors (Lipinski definition) is 1. The van der Waals surface area contributed by atoms with Gasteiger partial charge in [0.05, 0.1) is 12.6 Å². The number of amides is 1. The molecule has 138 valence electrons. The molecular formula is C18H24N6O2. The van der Waals surface area contributed by atoms with Gasteiger partial charge < -0.3 is 14.2 Å². The van der Waals surface area contributed by atoms with Gasteiger partial charge in [-0.15, -0.1) is 10.2 Å². The molecule has 3 aliphatic rings. The van der Waals surface area contributed by atoms with E-state index in [-0.39, 0.29) is 11.9 Å². The van der Waals surface area contributed by atoms with Crippen LogP contribution in [0.1, 0.15) is 71.5 Å². The molecule has 2 aromatic heterocycles. The molecule has 4 heterocycles. The molecule has 8 nitrogen and oxygen atoms in total. The fourth-order valence-electron chi connectivity index (χ4n) is 4.60. The lowest BCUT2D eigenvalue weighted by atomic mass is 9.98. The van der Waals surface area contributed by atoms with E-state index >= 15 is 0 Å². The van der Waals surface area contributed by atoms with Crippen molar-refractivity contribution in [1.29, 1.82) is 0 Å². The molecule has 1 amide bonds. The Morgan fingerprint density at radius 3 is 2.92 bits per heavy atom. The molecule has 0 bridgehead atoms. The number of nitrogens with zero attached hydrogens (tertiary/aromatic N) is 5. The molecule has 1 fully saturated rings. The number of aromatic nitrogens is 5. The summed E-state index contributed by atoms with van der Waals surface area (Å²) < 4.78 is 7.72. The fraction of sp³-hybridized carbons (Fsp3) is 0.667. The first kappa shape index (κ1) is 16.0.